The van der Waals surface area contributed by atoms with Gasteiger partial charge in [-0.05, 0) is 55.5 Å². The summed E-state index contributed by atoms with van der Waals surface area (Å²) in [4.78, 5) is 38.3. The molecule has 1 fully saturated rings. The number of para-hydroxylation sites is 1. The van der Waals surface area contributed by atoms with Crippen molar-refractivity contribution in [1.82, 2.24) is 20.2 Å². The van der Waals surface area contributed by atoms with Crippen LogP contribution in [0.5, 0.6) is 0 Å². The highest BCUT2D eigenvalue weighted by Crippen LogP contribution is 2.33. The summed E-state index contributed by atoms with van der Waals surface area (Å²) >= 11 is 1.39. The number of amides is 2. The van der Waals surface area contributed by atoms with E-state index in [-0.39, 0.29) is 23.7 Å². The van der Waals surface area contributed by atoms with Gasteiger partial charge in [-0.2, -0.15) is 0 Å². The second kappa shape index (κ2) is 10.1. The Bertz CT molecular complexity index is 1430. The van der Waals surface area contributed by atoms with Gasteiger partial charge >= 0.3 is 0 Å². The smallest absolute Gasteiger partial charge is 0.274 e. The number of halogens is 1. The molecule has 5 rings (SSSR count). The number of rotatable bonds is 5. The molecule has 0 radical (unpaired) electrons. The number of fused-ring (bicyclic) bond motifs is 1. The van der Waals surface area contributed by atoms with Crippen LogP contribution in [0.4, 0.5) is 4.39 Å². The molecule has 184 valence electrons. The number of piperidine rings is 1. The molecule has 0 saturated carbocycles. The lowest BCUT2D eigenvalue weighted by Gasteiger charge is -2.38. The van der Waals surface area contributed by atoms with Crippen molar-refractivity contribution in [1.29, 1.82) is 0 Å². The maximum absolute atomic E-state index is 13.9. The fourth-order valence-electron chi connectivity index (χ4n) is 4.80. The molecule has 8 heteroatoms. The number of aromatic nitrogens is 2. The standard InChI is InChI=1S/C28H27FN4O2S/c1-17-11-12-22(15-31-27(34)23-10-4-6-19-8-5-13-30-24(19)23)33(16-17)28(35)25-26(36-18(2)32-25)20-7-3-9-21(29)14-20/h3-10,13-14,17,22H,11-12,15-16H2,1-2H3,(H,31,34). The zero-order chi connectivity index (χ0) is 25.2. The van der Waals surface area contributed by atoms with Gasteiger partial charge < -0.3 is 10.2 Å². The molecule has 1 saturated heterocycles. The van der Waals surface area contributed by atoms with E-state index in [4.69, 9.17) is 0 Å². The summed E-state index contributed by atoms with van der Waals surface area (Å²) in [6.45, 7) is 4.88. The van der Waals surface area contributed by atoms with Crippen LogP contribution in [-0.4, -0.2) is 45.8 Å². The second-order valence-corrected chi connectivity index (χ2v) is 10.5. The van der Waals surface area contributed by atoms with E-state index < -0.39 is 0 Å². The highest BCUT2D eigenvalue weighted by Gasteiger charge is 2.33. The number of carbonyl (C=O) groups excluding carboxylic acids is 2. The van der Waals surface area contributed by atoms with Gasteiger partial charge in [0.1, 0.15) is 11.5 Å². The summed E-state index contributed by atoms with van der Waals surface area (Å²) in [6, 6.07) is 15.4. The van der Waals surface area contributed by atoms with Gasteiger partial charge in [0.05, 0.1) is 21.0 Å². The van der Waals surface area contributed by atoms with Crippen LogP contribution in [0, 0.1) is 18.7 Å². The Hall–Kier alpha value is -3.65. The van der Waals surface area contributed by atoms with E-state index in [1.54, 1.807) is 24.4 Å². The largest absolute Gasteiger partial charge is 0.350 e. The highest BCUT2D eigenvalue weighted by molar-refractivity contribution is 7.15. The van der Waals surface area contributed by atoms with E-state index in [0.717, 1.165) is 23.2 Å². The Morgan fingerprint density at radius 2 is 1.94 bits per heavy atom. The molecule has 2 aromatic heterocycles. The lowest BCUT2D eigenvalue weighted by Crippen LogP contribution is -2.51. The fraction of sp³-hybridized carbons (Fsp3) is 0.286. The molecular formula is C28H27FN4O2S. The molecule has 2 amide bonds. The second-order valence-electron chi connectivity index (χ2n) is 9.31. The van der Waals surface area contributed by atoms with Gasteiger partial charge in [-0.15, -0.1) is 11.3 Å². The molecule has 1 aliphatic rings. The summed E-state index contributed by atoms with van der Waals surface area (Å²) in [5, 5.41) is 4.68. The van der Waals surface area contributed by atoms with Crippen LogP contribution in [0.15, 0.2) is 60.8 Å². The zero-order valence-corrected chi connectivity index (χ0v) is 21.0. The highest BCUT2D eigenvalue weighted by atomic mass is 32.1. The van der Waals surface area contributed by atoms with Crippen molar-refractivity contribution in [3.63, 3.8) is 0 Å². The summed E-state index contributed by atoms with van der Waals surface area (Å²) in [7, 11) is 0. The van der Waals surface area contributed by atoms with Crippen LogP contribution in [0.3, 0.4) is 0 Å². The minimum atomic E-state index is -0.355. The third-order valence-corrected chi connectivity index (χ3v) is 7.62. The number of pyridine rings is 1. The van der Waals surface area contributed by atoms with E-state index in [0.29, 0.717) is 46.2 Å². The molecule has 2 atom stereocenters. The normalized spacial score (nSPS) is 17.8. The van der Waals surface area contributed by atoms with Crippen LogP contribution in [0.1, 0.15) is 45.6 Å². The molecule has 0 aliphatic carbocycles. The van der Waals surface area contributed by atoms with Gasteiger partial charge in [-0.25, -0.2) is 9.37 Å². The SMILES string of the molecule is Cc1nc(C(=O)N2CC(C)CCC2CNC(=O)c2cccc3cccnc23)c(-c2cccc(F)c2)s1. The number of thiazole rings is 1. The Morgan fingerprint density at radius 1 is 1.14 bits per heavy atom. The van der Waals surface area contributed by atoms with Crippen LogP contribution < -0.4 is 5.32 Å². The number of hydrogen-bond acceptors (Lipinski definition) is 5. The first-order chi connectivity index (χ1) is 17.4. The minimum absolute atomic E-state index is 0.164. The van der Waals surface area contributed by atoms with Crippen molar-refractivity contribution in [3.8, 4) is 10.4 Å². The molecule has 2 aromatic carbocycles. The Kier molecular flexibility index (Phi) is 6.78. The third kappa shape index (κ3) is 4.86. The van der Waals surface area contributed by atoms with Crippen molar-refractivity contribution in [2.24, 2.45) is 5.92 Å². The summed E-state index contributed by atoms with van der Waals surface area (Å²) in [6.07, 6.45) is 3.42. The molecule has 36 heavy (non-hydrogen) atoms. The molecular weight excluding hydrogens is 475 g/mol. The van der Waals surface area contributed by atoms with Crippen molar-refractivity contribution in [2.75, 3.05) is 13.1 Å². The van der Waals surface area contributed by atoms with Crippen molar-refractivity contribution >= 4 is 34.1 Å². The van der Waals surface area contributed by atoms with Crippen LogP contribution in [0.2, 0.25) is 0 Å². The van der Waals surface area contributed by atoms with E-state index in [1.165, 1.54) is 23.5 Å². The summed E-state index contributed by atoms with van der Waals surface area (Å²) < 4.78 is 13.9. The number of benzene rings is 2. The van der Waals surface area contributed by atoms with Gasteiger partial charge in [0.25, 0.3) is 11.8 Å². The fourth-order valence-corrected chi connectivity index (χ4v) is 5.70. The third-order valence-electron chi connectivity index (χ3n) is 6.60. The maximum atomic E-state index is 13.9. The molecule has 1 aliphatic heterocycles. The molecule has 6 nitrogen and oxygen atoms in total. The lowest BCUT2D eigenvalue weighted by molar-refractivity contribution is 0.0533. The molecule has 0 spiro atoms. The van der Waals surface area contributed by atoms with Gasteiger partial charge in [-0.3, -0.25) is 14.6 Å². The maximum Gasteiger partial charge on any atom is 0.274 e. The number of carbonyl (C=O) groups is 2. The van der Waals surface area contributed by atoms with Gasteiger partial charge in [0.15, 0.2) is 0 Å². The quantitative estimate of drug-likeness (QED) is 0.392. The van der Waals surface area contributed by atoms with E-state index in [9.17, 15) is 14.0 Å². The number of nitrogens with zero attached hydrogens (tertiary/aromatic N) is 3. The number of hydrogen-bond donors (Lipinski definition) is 1. The van der Waals surface area contributed by atoms with Crippen molar-refractivity contribution in [2.45, 2.75) is 32.7 Å². The Labute approximate surface area is 213 Å². The van der Waals surface area contributed by atoms with Gasteiger partial charge in [0, 0.05) is 30.7 Å². The van der Waals surface area contributed by atoms with Crippen molar-refractivity contribution < 1.29 is 14.0 Å². The van der Waals surface area contributed by atoms with E-state index in [2.05, 4.69) is 22.2 Å². The van der Waals surface area contributed by atoms with Crippen LogP contribution >= 0.6 is 11.3 Å². The molecule has 4 aromatic rings. The number of nitrogens with one attached hydrogen (secondary N) is 1. The molecule has 3 heterocycles. The number of likely N-dealkylation sites (tertiary alicyclic amines) is 1. The van der Waals surface area contributed by atoms with Gasteiger partial charge in [-0.1, -0.05) is 37.3 Å². The van der Waals surface area contributed by atoms with E-state index >= 15 is 0 Å². The molecule has 0 bridgehead atoms. The average molecular weight is 503 g/mol. The minimum Gasteiger partial charge on any atom is -0.350 e. The van der Waals surface area contributed by atoms with Crippen molar-refractivity contribution in [3.05, 3.63) is 82.9 Å². The zero-order valence-electron chi connectivity index (χ0n) is 20.2. The first kappa shape index (κ1) is 24.1. The predicted molar refractivity (Wildman–Crippen MR) is 140 cm³/mol. The monoisotopic (exact) mass is 502 g/mol. The summed E-state index contributed by atoms with van der Waals surface area (Å²) in [5.41, 5.74) is 2.15. The summed E-state index contributed by atoms with van der Waals surface area (Å²) in [5.74, 6) is -0.418. The van der Waals surface area contributed by atoms with Crippen LogP contribution in [0.25, 0.3) is 21.3 Å². The average Bonchev–Trinajstić information content (AvgIpc) is 3.28. The lowest BCUT2D eigenvalue weighted by atomic mass is 9.93. The van der Waals surface area contributed by atoms with E-state index in [1.807, 2.05) is 36.1 Å². The predicted octanol–water partition coefficient (Wildman–Crippen LogP) is 5.48. The Balaban J connectivity index is 1.38. The topological polar surface area (TPSA) is 75.2 Å². The molecule has 1 N–H and O–H groups in total. The number of aryl methyl sites for hydroxylation is 1. The first-order valence-corrected chi connectivity index (χ1v) is 12.9. The van der Waals surface area contributed by atoms with Crippen LogP contribution in [-0.2, 0) is 0 Å². The van der Waals surface area contributed by atoms with Gasteiger partial charge in [0.2, 0.25) is 0 Å². The molecule has 2 unspecified atom stereocenters. The Morgan fingerprint density at radius 3 is 2.78 bits per heavy atom. The first-order valence-electron chi connectivity index (χ1n) is 12.1.